The van der Waals surface area contributed by atoms with E-state index in [0.29, 0.717) is 44.6 Å². The van der Waals surface area contributed by atoms with Gasteiger partial charge in [-0.05, 0) is 43.5 Å². The number of amides is 1. The number of aromatic nitrogens is 4. The van der Waals surface area contributed by atoms with Crippen LogP contribution in [0.15, 0.2) is 78.1 Å². The Morgan fingerprint density at radius 3 is 2.62 bits per heavy atom. The number of carbonyl (C=O) groups excluding carboxylic acids is 1. The molecule has 3 aromatic heterocycles. The van der Waals surface area contributed by atoms with Crippen molar-refractivity contribution in [2.45, 2.75) is 19.9 Å². The van der Waals surface area contributed by atoms with Gasteiger partial charge in [0.15, 0.2) is 5.65 Å². The summed E-state index contributed by atoms with van der Waals surface area (Å²) in [5.74, 6) is 5.34. The summed E-state index contributed by atoms with van der Waals surface area (Å²) in [7, 11) is -3.39. The van der Waals surface area contributed by atoms with Crippen LogP contribution in [-0.2, 0) is 10.0 Å². The van der Waals surface area contributed by atoms with Crippen LogP contribution in [0.4, 0.5) is 0 Å². The topological polar surface area (TPSA) is 127 Å². The third kappa shape index (κ3) is 5.36. The second-order valence-electron chi connectivity index (χ2n) is 9.27. The standard InChI is InChI=1S/C29H26N6O4S/c1-19(33-28(36)25-20(2)31-18-34-16-15-30-27(25)34)24-17-22-10-7-9-21(11-8-14-32-40(3,38)39)26(22)29(37)35(24)23-12-5-4-6-13-23/h4-7,9-10,12-13,15-19,32H,14H2,1-3H3,(H,33,36)/t19-/m1/s1. The molecule has 0 bridgehead atoms. The Kier molecular flexibility index (Phi) is 7.21. The first-order valence-electron chi connectivity index (χ1n) is 12.4. The van der Waals surface area contributed by atoms with E-state index in [1.54, 1.807) is 46.7 Å². The summed E-state index contributed by atoms with van der Waals surface area (Å²) in [4.78, 5) is 36.2. The van der Waals surface area contributed by atoms with Crippen molar-refractivity contribution in [2.24, 2.45) is 0 Å². The molecule has 0 unspecified atom stereocenters. The number of hydrogen-bond donors (Lipinski definition) is 2. The van der Waals surface area contributed by atoms with Crippen LogP contribution < -0.4 is 15.6 Å². The van der Waals surface area contributed by atoms with E-state index in [1.807, 2.05) is 49.4 Å². The first kappa shape index (κ1) is 26.8. The zero-order valence-electron chi connectivity index (χ0n) is 22.0. The average molecular weight is 555 g/mol. The van der Waals surface area contributed by atoms with Crippen LogP contribution in [0.2, 0.25) is 0 Å². The minimum atomic E-state index is -3.39. The number of fused-ring (bicyclic) bond motifs is 2. The summed E-state index contributed by atoms with van der Waals surface area (Å²) < 4.78 is 28.3. The summed E-state index contributed by atoms with van der Waals surface area (Å²) in [6.45, 7) is 3.48. The predicted molar refractivity (Wildman–Crippen MR) is 153 cm³/mol. The third-order valence-electron chi connectivity index (χ3n) is 6.38. The quantitative estimate of drug-likeness (QED) is 0.311. The average Bonchev–Trinajstić information content (AvgIpc) is 3.39. The molecule has 0 saturated carbocycles. The van der Waals surface area contributed by atoms with Crippen LogP contribution in [-0.4, -0.2) is 46.1 Å². The van der Waals surface area contributed by atoms with E-state index >= 15 is 0 Å². The van der Waals surface area contributed by atoms with Gasteiger partial charge in [0, 0.05) is 29.3 Å². The molecule has 3 heterocycles. The molecule has 0 aliphatic rings. The minimum Gasteiger partial charge on any atom is -0.344 e. The van der Waals surface area contributed by atoms with E-state index in [4.69, 9.17) is 0 Å². The van der Waals surface area contributed by atoms with E-state index in [2.05, 4.69) is 31.8 Å². The van der Waals surface area contributed by atoms with E-state index in [1.165, 1.54) is 0 Å². The number of benzene rings is 2. The Bertz CT molecular complexity index is 1990. The molecular weight excluding hydrogens is 528 g/mol. The molecule has 0 spiro atoms. The van der Waals surface area contributed by atoms with Gasteiger partial charge < -0.3 is 5.32 Å². The van der Waals surface area contributed by atoms with Gasteiger partial charge in [-0.25, -0.2) is 23.1 Å². The van der Waals surface area contributed by atoms with E-state index < -0.39 is 16.1 Å². The van der Waals surface area contributed by atoms with Crippen molar-refractivity contribution in [3.05, 3.63) is 106 Å². The van der Waals surface area contributed by atoms with Gasteiger partial charge in [-0.15, -0.1) is 0 Å². The molecule has 40 heavy (non-hydrogen) atoms. The third-order valence-corrected chi connectivity index (χ3v) is 7.05. The molecule has 2 N–H and O–H groups in total. The van der Waals surface area contributed by atoms with Crippen molar-refractivity contribution >= 4 is 32.4 Å². The largest absolute Gasteiger partial charge is 0.344 e. The Balaban J connectivity index is 1.61. The monoisotopic (exact) mass is 554 g/mol. The molecule has 0 aliphatic heterocycles. The van der Waals surface area contributed by atoms with Gasteiger partial charge >= 0.3 is 0 Å². The van der Waals surface area contributed by atoms with Crippen LogP contribution in [0.1, 0.15) is 40.3 Å². The van der Waals surface area contributed by atoms with Crippen molar-refractivity contribution in [3.8, 4) is 17.5 Å². The van der Waals surface area contributed by atoms with Crippen molar-refractivity contribution in [3.63, 3.8) is 0 Å². The minimum absolute atomic E-state index is 0.0825. The van der Waals surface area contributed by atoms with Crippen LogP contribution in [0.3, 0.4) is 0 Å². The number of nitrogens with one attached hydrogen (secondary N) is 2. The van der Waals surface area contributed by atoms with Crippen LogP contribution in [0.5, 0.6) is 0 Å². The van der Waals surface area contributed by atoms with E-state index in [0.717, 1.165) is 6.26 Å². The van der Waals surface area contributed by atoms with Crippen LogP contribution in [0.25, 0.3) is 22.1 Å². The lowest BCUT2D eigenvalue weighted by molar-refractivity contribution is 0.0938. The maximum Gasteiger partial charge on any atom is 0.264 e. The highest BCUT2D eigenvalue weighted by molar-refractivity contribution is 7.88. The van der Waals surface area contributed by atoms with Crippen LogP contribution in [0, 0.1) is 18.8 Å². The zero-order chi connectivity index (χ0) is 28.4. The second-order valence-corrected chi connectivity index (χ2v) is 11.1. The number of carbonyl (C=O) groups is 1. The molecule has 0 radical (unpaired) electrons. The second kappa shape index (κ2) is 10.8. The Labute approximate surface area is 230 Å². The number of aryl methyl sites for hydroxylation is 1. The lowest BCUT2D eigenvalue weighted by atomic mass is 10.0. The molecule has 10 nitrogen and oxygen atoms in total. The molecule has 1 amide bonds. The summed E-state index contributed by atoms with van der Waals surface area (Å²) >= 11 is 0. The lowest BCUT2D eigenvalue weighted by Gasteiger charge is -2.21. The summed E-state index contributed by atoms with van der Waals surface area (Å²) in [6, 6.07) is 15.7. The molecule has 0 aliphatic carbocycles. The molecule has 2 aromatic carbocycles. The highest BCUT2D eigenvalue weighted by Gasteiger charge is 2.22. The van der Waals surface area contributed by atoms with Gasteiger partial charge in [-0.2, -0.15) is 0 Å². The lowest BCUT2D eigenvalue weighted by Crippen LogP contribution is -2.33. The fraction of sp³-hybridized carbons (Fsp3) is 0.172. The van der Waals surface area contributed by atoms with Crippen molar-refractivity contribution in [1.29, 1.82) is 0 Å². The Morgan fingerprint density at radius 2 is 1.88 bits per heavy atom. The number of hydrogen-bond acceptors (Lipinski definition) is 6. The van der Waals surface area contributed by atoms with Crippen molar-refractivity contribution in [1.82, 2.24) is 29.0 Å². The fourth-order valence-corrected chi connectivity index (χ4v) is 4.87. The summed E-state index contributed by atoms with van der Waals surface area (Å²) in [5.41, 5.74) is 2.74. The molecule has 11 heteroatoms. The van der Waals surface area contributed by atoms with Crippen molar-refractivity contribution in [2.75, 3.05) is 12.8 Å². The molecule has 0 saturated heterocycles. The number of pyridine rings is 1. The van der Waals surface area contributed by atoms with Gasteiger partial charge in [0.05, 0.1) is 29.9 Å². The summed E-state index contributed by atoms with van der Waals surface area (Å²) in [5, 5.41) is 4.06. The number of nitrogens with zero attached hydrogens (tertiary/aromatic N) is 4. The van der Waals surface area contributed by atoms with Crippen LogP contribution >= 0.6 is 0 Å². The maximum atomic E-state index is 14.1. The molecule has 5 rings (SSSR count). The highest BCUT2D eigenvalue weighted by Crippen LogP contribution is 2.24. The molecule has 0 fully saturated rings. The SMILES string of the molecule is Cc1ncn2ccnc2c1C(=O)N[C@H](C)c1cc2cccc(C#CCNS(C)(=O)=O)c2c(=O)n1-c1ccccc1. The first-order valence-corrected chi connectivity index (χ1v) is 14.3. The van der Waals surface area contributed by atoms with Crippen molar-refractivity contribution < 1.29 is 13.2 Å². The van der Waals surface area contributed by atoms with E-state index in [9.17, 15) is 18.0 Å². The number of sulfonamides is 1. The molecule has 5 aromatic rings. The molecule has 1 atom stereocenters. The van der Waals surface area contributed by atoms with Gasteiger partial charge in [-0.3, -0.25) is 18.6 Å². The zero-order valence-corrected chi connectivity index (χ0v) is 22.9. The highest BCUT2D eigenvalue weighted by atomic mass is 32.2. The first-order chi connectivity index (χ1) is 19.1. The van der Waals surface area contributed by atoms with Gasteiger partial charge in [-0.1, -0.05) is 42.2 Å². The van der Waals surface area contributed by atoms with E-state index in [-0.39, 0.29) is 18.0 Å². The van der Waals surface area contributed by atoms with Gasteiger partial charge in [0.25, 0.3) is 11.5 Å². The summed E-state index contributed by atoms with van der Waals surface area (Å²) in [6.07, 6.45) is 5.98. The molecular formula is C29H26N6O4S. The Morgan fingerprint density at radius 1 is 1.10 bits per heavy atom. The Hall–Kier alpha value is -4.79. The normalized spacial score (nSPS) is 12.2. The van der Waals surface area contributed by atoms with Gasteiger partial charge in [0.2, 0.25) is 10.0 Å². The number of imidazole rings is 1. The van der Waals surface area contributed by atoms with Gasteiger partial charge in [0.1, 0.15) is 11.9 Å². The maximum absolute atomic E-state index is 14.1. The smallest absolute Gasteiger partial charge is 0.264 e. The molecule has 202 valence electrons. The number of rotatable bonds is 6. The number of para-hydroxylation sites is 1. The predicted octanol–water partition coefficient (Wildman–Crippen LogP) is 2.73. The fourth-order valence-electron chi connectivity index (χ4n) is 4.54.